The summed E-state index contributed by atoms with van der Waals surface area (Å²) in [7, 11) is 3.05. The lowest BCUT2D eigenvalue weighted by atomic mass is 10.1. The van der Waals surface area contributed by atoms with Gasteiger partial charge in [0.05, 0.1) is 37.6 Å². The molecular weight excluding hydrogens is 629 g/mol. The van der Waals surface area contributed by atoms with Crippen LogP contribution in [0.4, 0.5) is 4.39 Å². The van der Waals surface area contributed by atoms with Gasteiger partial charge in [-0.2, -0.15) is 10.2 Å². The van der Waals surface area contributed by atoms with Crippen LogP contribution in [0.1, 0.15) is 37.5 Å². The van der Waals surface area contributed by atoms with Gasteiger partial charge in [0.1, 0.15) is 33.5 Å². The van der Waals surface area contributed by atoms with Crippen LogP contribution in [0.3, 0.4) is 0 Å². The summed E-state index contributed by atoms with van der Waals surface area (Å²) in [6.45, 7) is 6.68. The summed E-state index contributed by atoms with van der Waals surface area (Å²) in [6, 6.07) is 13.3. The zero-order chi connectivity index (χ0) is 34.3. The number of rotatable bonds is 11. The van der Waals surface area contributed by atoms with Crippen LogP contribution in [0, 0.1) is 12.7 Å². The maximum Gasteiger partial charge on any atom is 0.333 e. The minimum atomic E-state index is -1.64. The summed E-state index contributed by atoms with van der Waals surface area (Å²) in [5.41, 5.74) is -1.09. The molecule has 0 fully saturated rings. The first-order valence-corrected chi connectivity index (χ1v) is 15.6. The highest BCUT2D eigenvalue weighted by molar-refractivity contribution is 7.21. The van der Waals surface area contributed by atoms with E-state index in [0.29, 0.717) is 26.7 Å². The van der Waals surface area contributed by atoms with Crippen molar-refractivity contribution in [1.29, 1.82) is 0 Å². The Hall–Kier alpha value is -4.66. The number of thiophene rings is 1. The quantitative estimate of drug-likeness (QED) is 0.207. The van der Waals surface area contributed by atoms with E-state index in [1.54, 1.807) is 21.0 Å². The average molecular weight is 668 g/mol. The highest BCUT2D eigenvalue weighted by atomic mass is 32.1. The van der Waals surface area contributed by atoms with Crippen molar-refractivity contribution in [3.05, 3.63) is 104 Å². The number of aromatic nitrogens is 5. The van der Waals surface area contributed by atoms with E-state index in [-0.39, 0.29) is 37.7 Å². The summed E-state index contributed by atoms with van der Waals surface area (Å²) in [5, 5.41) is 17.4. The van der Waals surface area contributed by atoms with E-state index in [1.165, 1.54) is 72.3 Å². The number of nitrogens with zero attached hydrogens (tertiary/aromatic N) is 5. The van der Waals surface area contributed by atoms with Crippen LogP contribution >= 0.6 is 11.3 Å². The van der Waals surface area contributed by atoms with Crippen molar-refractivity contribution in [2.24, 2.45) is 0 Å². The lowest BCUT2D eigenvalue weighted by molar-refractivity contribution is -0.154. The molecule has 1 atom stereocenters. The fourth-order valence-electron chi connectivity index (χ4n) is 4.78. The molecule has 0 spiro atoms. The van der Waals surface area contributed by atoms with Crippen molar-refractivity contribution >= 4 is 27.5 Å². The zero-order valence-electron chi connectivity index (χ0n) is 27.1. The number of aliphatic hydroxyl groups is 1. The van der Waals surface area contributed by atoms with Crippen LogP contribution in [0.5, 0.6) is 5.75 Å². The lowest BCUT2D eigenvalue weighted by Crippen LogP contribution is -2.53. The number of aliphatic hydroxyl groups excluding tert-OH is 1. The number of ether oxygens (including phenoxy) is 3. The van der Waals surface area contributed by atoms with Gasteiger partial charge in [-0.3, -0.25) is 9.36 Å². The van der Waals surface area contributed by atoms with Crippen LogP contribution < -0.4 is 16.0 Å². The molecule has 1 N–H and O–H groups in total. The van der Waals surface area contributed by atoms with Crippen LogP contribution in [-0.2, 0) is 39.4 Å². The standard InChI is InChI=1S/C29H28FN5O5S.C4H10O2/c1-18-23-24(36)34(29(2,3)27(37)40-17-19-8-6-5-7-9-19)28(38)33(26(23)41-25(18)35-31-13-14-32-35)15-12-20-16-21(30)10-11-22(20)39-4;1-4(3-5)6-2/h5-11,13-14,16H,12,15,17H2,1-4H3;4-5H,3H2,1-2H3. The predicted octanol–water partition coefficient (Wildman–Crippen LogP) is 4.00. The number of esters is 1. The van der Waals surface area contributed by atoms with Gasteiger partial charge in [0.15, 0.2) is 0 Å². The Bertz CT molecular complexity index is 1930. The molecule has 0 radical (unpaired) electrons. The molecule has 0 aliphatic rings. The van der Waals surface area contributed by atoms with Crippen molar-refractivity contribution in [2.45, 2.75) is 58.9 Å². The number of methoxy groups -OCH3 is 2. The Labute approximate surface area is 274 Å². The van der Waals surface area contributed by atoms with Gasteiger partial charge in [0, 0.05) is 19.2 Å². The van der Waals surface area contributed by atoms with Crippen molar-refractivity contribution in [2.75, 3.05) is 20.8 Å². The number of halogens is 1. The number of benzene rings is 2. The fourth-order valence-corrected chi connectivity index (χ4v) is 6.01. The summed E-state index contributed by atoms with van der Waals surface area (Å²) in [5.74, 6) is -0.706. The molecule has 250 valence electrons. The second kappa shape index (κ2) is 15.3. The van der Waals surface area contributed by atoms with Gasteiger partial charge in [0.2, 0.25) is 0 Å². The molecule has 0 saturated carbocycles. The molecule has 5 aromatic rings. The average Bonchev–Trinajstić information content (AvgIpc) is 3.72. The monoisotopic (exact) mass is 667 g/mol. The van der Waals surface area contributed by atoms with Gasteiger partial charge in [-0.15, -0.1) is 4.80 Å². The van der Waals surface area contributed by atoms with Crippen LogP contribution in [0.25, 0.3) is 15.2 Å². The van der Waals surface area contributed by atoms with Crippen LogP contribution in [0.15, 0.2) is 70.5 Å². The summed E-state index contributed by atoms with van der Waals surface area (Å²) in [6.07, 6.45) is 3.23. The molecular formula is C33H38FN5O7S. The Morgan fingerprint density at radius 1 is 1.09 bits per heavy atom. The third-order valence-corrected chi connectivity index (χ3v) is 8.85. The van der Waals surface area contributed by atoms with E-state index < -0.39 is 28.6 Å². The highest BCUT2D eigenvalue weighted by Gasteiger charge is 2.37. The van der Waals surface area contributed by atoms with E-state index in [0.717, 1.165) is 10.1 Å². The van der Waals surface area contributed by atoms with Crippen molar-refractivity contribution in [3.63, 3.8) is 0 Å². The number of fused-ring (bicyclic) bond motifs is 1. The molecule has 2 aromatic carbocycles. The third kappa shape index (κ3) is 7.67. The maximum atomic E-state index is 14.1. The summed E-state index contributed by atoms with van der Waals surface area (Å²) in [4.78, 5) is 43.2. The van der Waals surface area contributed by atoms with Gasteiger partial charge in [-0.25, -0.2) is 18.5 Å². The minimum absolute atomic E-state index is 0.00926. The van der Waals surface area contributed by atoms with Crippen LogP contribution in [-0.4, -0.2) is 62.1 Å². The second-order valence-corrected chi connectivity index (χ2v) is 12.1. The molecule has 0 aliphatic carbocycles. The zero-order valence-corrected chi connectivity index (χ0v) is 27.9. The Morgan fingerprint density at radius 2 is 1.77 bits per heavy atom. The largest absolute Gasteiger partial charge is 0.496 e. The molecule has 0 saturated heterocycles. The smallest absolute Gasteiger partial charge is 0.333 e. The first-order chi connectivity index (χ1) is 22.4. The summed E-state index contributed by atoms with van der Waals surface area (Å²) < 4.78 is 32.0. The highest BCUT2D eigenvalue weighted by Crippen LogP contribution is 2.31. The molecule has 3 aromatic heterocycles. The lowest BCUT2D eigenvalue weighted by Gasteiger charge is -2.26. The Balaban J connectivity index is 0.000000762. The van der Waals surface area contributed by atoms with E-state index in [9.17, 15) is 18.8 Å². The normalized spacial score (nSPS) is 12.0. The molecule has 0 bridgehead atoms. The van der Waals surface area contributed by atoms with E-state index in [2.05, 4.69) is 14.9 Å². The number of carbonyl (C=O) groups excluding carboxylic acids is 1. The summed E-state index contributed by atoms with van der Waals surface area (Å²) >= 11 is 1.19. The van der Waals surface area contributed by atoms with Crippen molar-refractivity contribution in [1.82, 2.24) is 24.1 Å². The second-order valence-electron chi connectivity index (χ2n) is 11.2. The van der Waals surface area contributed by atoms with Gasteiger partial charge < -0.3 is 19.3 Å². The molecule has 0 amide bonds. The first-order valence-electron chi connectivity index (χ1n) is 14.8. The molecule has 12 nitrogen and oxygen atoms in total. The van der Waals surface area contributed by atoms with Crippen molar-refractivity contribution < 1.29 is 28.5 Å². The van der Waals surface area contributed by atoms with Gasteiger partial charge in [0.25, 0.3) is 5.56 Å². The molecule has 1 unspecified atom stereocenters. The molecule has 3 heterocycles. The van der Waals surface area contributed by atoms with Crippen molar-refractivity contribution in [3.8, 4) is 10.8 Å². The number of hydrogen-bond donors (Lipinski definition) is 1. The van der Waals surface area contributed by atoms with Gasteiger partial charge >= 0.3 is 11.7 Å². The third-order valence-electron chi connectivity index (χ3n) is 7.57. The molecule has 5 rings (SSSR count). The van der Waals surface area contributed by atoms with Crippen LogP contribution in [0.2, 0.25) is 0 Å². The number of aryl methyl sites for hydroxylation is 3. The van der Waals surface area contributed by atoms with E-state index >= 15 is 0 Å². The first kappa shape index (κ1) is 35.2. The number of carbonyl (C=O) groups is 1. The molecule has 47 heavy (non-hydrogen) atoms. The SMILES string of the molecule is COC(C)CO.COc1ccc(F)cc1CCn1c(=O)n(C(C)(C)C(=O)OCc2ccccc2)c(=O)c2c(C)c(-n3nccn3)sc21. The Kier molecular flexibility index (Phi) is 11.4. The topological polar surface area (TPSA) is 140 Å². The molecule has 0 aliphatic heterocycles. The minimum Gasteiger partial charge on any atom is -0.496 e. The molecule has 14 heteroatoms. The van der Waals surface area contributed by atoms with Gasteiger partial charge in [-0.05, 0) is 63.4 Å². The fraction of sp³-hybridized carbons (Fsp3) is 0.364. The van der Waals surface area contributed by atoms with Gasteiger partial charge in [-0.1, -0.05) is 41.7 Å². The number of hydrogen-bond acceptors (Lipinski definition) is 10. The maximum absolute atomic E-state index is 14.1. The van der Waals surface area contributed by atoms with E-state index in [4.69, 9.17) is 14.6 Å². The Morgan fingerprint density at radius 3 is 2.36 bits per heavy atom. The predicted molar refractivity (Wildman–Crippen MR) is 176 cm³/mol. The van der Waals surface area contributed by atoms with E-state index in [1.807, 2.05) is 30.3 Å².